The molecule has 1 aliphatic rings. The molecule has 1 aromatic carbocycles. The van der Waals surface area contributed by atoms with Gasteiger partial charge in [-0.1, -0.05) is 50.7 Å². The molecular weight excluding hydrogens is 352 g/mol. The molecule has 1 heterocycles. The van der Waals surface area contributed by atoms with Crippen LogP contribution in [0.4, 0.5) is 0 Å². The maximum absolute atomic E-state index is 11.6. The van der Waals surface area contributed by atoms with Crippen LogP contribution in [0.3, 0.4) is 0 Å². The molecule has 1 fully saturated rings. The Kier molecular flexibility index (Phi) is 3.69. The smallest absolute Gasteiger partial charge is 0.241 e. The van der Waals surface area contributed by atoms with Crippen LogP contribution in [0.15, 0.2) is 12.1 Å². The molecule has 1 aliphatic heterocycles. The number of carbonyl (C=O) groups excluding carboxylic acids is 2. The number of amides is 2. The zero-order chi connectivity index (χ0) is 12.7. The van der Waals surface area contributed by atoms with Gasteiger partial charge in [-0.25, -0.2) is 0 Å². The minimum absolute atomic E-state index is 0.290. The van der Waals surface area contributed by atoms with Crippen molar-refractivity contribution in [1.29, 1.82) is 0 Å². The molecular formula is C10H5BrCl3NO2. The molecule has 90 valence electrons. The monoisotopic (exact) mass is 355 g/mol. The molecule has 0 bridgehead atoms. The zero-order valence-corrected chi connectivity index (χ0v) is 12.0. The molecule has 2 rings (SSSR count). The fourth-order valence-corrected chi connectivity index (χ4v) is 2.94. The van der Waals surface area contributed by atoms with Crippen molar-refractivity contribution >= 4 is 62.5 Å². The molecule has 17 heavy (non-hydrogen) atoms. The minimum Gasteiger partial charge on any atom is -0.295 e. The summed E-state index contributed by atoms with van der Waals surface area (Å²) in [7, 11) is 0. The fraction of sp³-hybridized carbons (Fsp3) is 0.200. The number of carbonyl (C=O) groups is 2. The van der Waals surface area contributed by atoms with Gasteiger partial charge >= 0.3 is 0 Å². The van der Waals surface area contributed by atoms with Gasteiger partial charge < -0.3 is 0 Å². The quantitative estimate of drug-likeness (QED) is 0.477. The molecule has 2 amide bonds. The SMILES string of the molecule is O=C1NC(=O)C(c2cc(Cl)c(Cl)cc2Cl)C1Br. The van der Waals surface area contributed by atoms with Crippen molar-refractivity contribution in [2.24, 2.45) is 0 Å². The van der Waals surface area contributed by atoms with E-state index in [1.807, 2.05) is 0 Å². The van der Waals surface area contributed by atoms with Crippen molar-refractivity contribution < 1.29 is 9.59 Å². The Labute approximate surface area is 121 Å². The van der Waals surface area contributed by atoms with Crippen LogP contribution < -0.4 is 5.32 Å². The second kappa shape index (κ2) is 4.76. The number of hydrogen-bond acceptors (Lipinski definition) is 2. The summed E-state index contributed by atoms with van der Waals surface area (Å²) in [5.74, 6) is -1.48. The standard InChI is InChI=1S/C10H5BrCl3NO2/c11-8-7(9(16)15-10(8)17)3-1-5(13)6(14)2-4(3)12/h1-2,7-8H,(H,15,16,17). The predicted molar refractivity (Wildman–Crippen MR) is 70.1 cm³/mol. The number of nitrogens with one attached hydrogen (secondary N) is 1. The molecule has 1 saturated heterocycles. The molecule has 7 heteroatoms. The average molecular weight is 357 g/mol. The Morgan fingerprint density at radius 1 is 1.00 bits per heavy atom. The van der Waals surface area contributed by atoms with Crippen LogP contribution >= 0.6 is 50.7 Å². The summed E-state index contributed by atoms with van der Waals surface area (Å²) in [6.07, 6.45) is 0. The molecule has 1 N–H and O–H groups in total. The van der Waals surface area contributed by atoms with Crippen molar-refractivity contribution in [2.75, 3.05) is 0 Å². The van der Waals surface area contributed by atoms with Crippen molar-refractivity contribution in [3.05, 3.63) is 32.8 Å². The molecule has 0 radical (unpaired) electrons. The van der Waals surface area contributed by atoms with Gasteiger partial charge in [0.15, 0.2) is 0 Å². The highest BCUT2D eigenvalue weighted by Gasteiger charge is 2.42. The van der Waals surface area contributed by atoms with E-state index < -0.39 is 16.7 Å². The van der Waals surface area contributed by atoms with Crippen LogP contribution in [0.2, 0.25) is 15.1 Å². The molecule has 0 spiro atoms. The van der Waals surface area contributed by atoms with E-state index in [0.29, 0.717) is 15.6 Å². The summed E-state index contributed by atoms with van der Waals surface area (Å²) >= 11 is 20.8. The van der Waals surface area contributed by atoms with Crippen LogP contribution in [0.25, 0.3) is 0 Å². The van der Waals surface area contributed by atoms with Gasteiger partial charge in [0, 0.05) is 5.02 Å². The lowest BCUT2D eigenvalue weighted by molar-refractivity contribution is -0.125. The molecule has 2 unspecified atom stereocenters. The van der Waals surface area contributed by atoms with Gasteiger partial charge in [-0.2, -0.15) is 0 Å². The van der Waals surface area contributed by atoms with Gasteiger partial charge in [0.2, 0.25) is 11.8 Å². The van der Waals surface area contributed by atoms with Crippen LogP contribution in [-0.2, 0) is 9.59 Å². The minimum atomic E-state index is -0.690. The van der Waals surface area contributed by atoms with Gasteiger partial charge in [-0.15, -0.1) is 0 Å². The van der Waals surface area contributed by atoms with Crippen LogP contribution in [-0.4, -0.2) is 16.6 Å². The van der Waals surface area contributed by atoms with E-state index >= 15 is 0 Å². The maximum Gasteiger partial charge on any atom is 0.241 e. The maximum atomic E-state index is 11.6. The summed E-state index contributed by atoms with van der Waals surface area (Å²) in [5, 5.41) is 3.11. The Morgan fingerprint density at radius 2 is 1.59 bits per heavy atom. The molecule has 3 nitrogen and oxygen atoms in total. The Bertz CT molecular complexity index is 521. The average Bonchev–Trinajstić information content (AvgIpc) is 2.48. The largest absolute Gasteiger partial charge is 0.295 e. The second-order valence-corrected chi connectivity index (χ2v) is 5.73. The van der Waals surface area contributed by atoms with E-state index in [0.717, 1.165) is 0 Å². The van der Waals surface area contributed by atoms with Gasteiger partial charge in [-0.3, -0.25) is 14.9 Å². The van der Waals surface area contributed by atoms with Gasteiger partial charge in [0.05, 0.1) is 16.0 Å². The third-order valence-electron chi connectivity index (χ3n) is 2.45. The molecule has 0 aliphatic carbocycles. The lowest BCUT2D eigenvalue weighted by atomic mass is 9.97. The van der Waals surface area contributed by atoms with E-state index in [9.17, 15) is 9.59 Å². The summed E-state index contributed by atoms with van der Waals surface area (Å²) in [6.45, 7) is 0. The third-order valence-corrected chi connectivity index (χ3v) is 4.44. The first-order valence-corrected chi connectivity index (χ1v) is 6.60. The van der Waals surface area contributed by atoms with Crippen molar-refractivity contribution in [1.82, 2.24) is 5.32 Å². The Balaban J connectivity index is 2.51. The summed E-state index contributed by atoms with van der Waals surface area (Å²) in [6, 6.07) is 2.96. The summed E-state index contributed by atoms with van der Waals surface area (Å²) in [4.78, 5) is 22.3. The van der Waals surface area contributed by atoms with E-state index in [1.165, 1.54) is 12.1 Å². The normalized spacial score (nSPS) is 24.0. The van der Waals surface area contributed by atoms with Crippen LogP contribution in [0.1, 0.15) is 11.5 Å². The third kappa shape index (κ3) is 2.32. The highest BCUT2D eigenvalue weighted by Crippen LogP contribution is 2.38. The van der Waals surface area contributed by atoms with Crippen LogP contribution in [0.5, 0.6) is 0 Å². The first-order chi connectivity index (χ1) is 7.91. The number of alkyl halides is 1. The lowest BCUT2D eigenvalue weighted by Crippen LogP contribution is -2.22. The molecule has 0 aromatic heterocycles. The van der Waals surface area contributed by atoms with E-state index in [1.54, 1.807) is 0 Å². The number of hydrogen-bond donors (Lipinski definition) is 1. The fourth-order valence-electron chi connectivity index (χ4n) is 1.63. The first-order valence-electron chi connectivity index (χ1n) is 4.55. The number of benzene rings is 1. The zero-order valence-electron chi connectivity index (χ0n) is 8.14. The van der Waals surface area contributed by atoms with Crippen molar-refractivity contribution in [3.8, 4) is 0 Å². The van der Waals surface area contributed by atoms with E-state index in [4.69, 9.17) is 34.8 Å². The number of imide groups is 1. The highest BCUT2D eigenvalue weighted by atomic mass is 79.9. The van der Waals surface area contributed by atoms with Crippen molar-refractivity contribution in [3.63, 3.8) is 0 Å². The summed E-state index contributed by atoms with van der Waals surface area (Å²) < 4.78 is 0. The first kappa shape index (κ1) is 13.1. The van der Waals surface area contributed by atoms with Gasteiger partial charge in [0.1, 0.15) is 4.83 Å². The van der Waals surface area contributed by atoms with E-state index in [2.05, 4.69) is 21.2 Å². The molecule has 0 saturated carbocycles. The topological polar surface area (TPSA) is 46.2 Å². The van der Waals surface area contributed by atoms with Crippen molar-refractivity contribution in [2.45, 2.75) is 10.7 Å². The second-order valence-electron chi connectivity index (χ2n) is 3.52. The predicted octanol–water partition coefficient (Wildman–Crippen LogP) is 3.15. The Hall–Kier alpha value is -0.290. The summed E-state index contributed by atoms with van der Waals surface area (Å²) in [5.41, 5.74) is 0.478. The lowest BCUT2D eigenvalue weighted by Gasteiger charge is -2.13. The van der Waals surface area contributed by atoms with Gasteiger partial charge in [-0.05, 0) is 17.7 Å². The van der Waals surface area contributed by atoms with Gasteiger partial charge in [0.25, 0.3) is 0 Å². The Morgan fingerprint density at radius 3 is 2.12 bits per heavy atom. The number of rotatable bonds is 1. The highest BCUT2D eigenvalue weighted by molar-refractivity contribution is 9.10. The van der Waals surface area contributed by atoms with E-state index in [-0.39, 0.29) is 10.9 Å². The molecule has 1 aromatic rings. The molecule has 2 atom stereocenters. The van der Waals surface area contributed by atoms with Crippen LogP contribution in [0, 0.1) is 0 Å². The number of halogens is 4.